The number of hydrogen-bond acceptors (Lipinski definition) is 6. The third-order valence-corrected chi connectivity index (χ3v) is 3.45. The molecule has 0 aliphatic carbocycles. The molecule has 1 aromatic rings. The summed E-state index contributed by atoms with van der Waals surface area (Å²) in [7, 11) is 0. The largest absolute Gasteiger partial charge is 0.547 e. The van der Waals surface area contributed by atoms with E-state index in [1.165, 1.54) is 0 Å². The maximum absolute atomic E-state index is 11.2. The average Bonchev–Trinajstić information content (AvgIpc) is 2.66. The Balaban J connectivity index is 2.42. The first-order valence-corrected chi connectivity index (χ1v) is 5.65. The van der Waals surface area contributed by atoms with Crippen molar-refractivity contribution in [3.05, 3.63) is 35.9 Å². The van der Waals surface area contributed by atoms with E-state index in [1.807, 2.05) is 0 Å². The van der Waals surface area contributed by atoms with Crippen molar-refractivity contribution in [3.8, 4) is 0 Å². The lowest BCUT2D eigenvalue weighted by atomic mass is 9.86. The van der Waals surface area contributed by atoms with Gasteiger partial charge in [0.25, 0.3) is 0 Å². The van der Waals surface area contributed by atoms with Gasteiger partial charge in [0.1, 0.15) is 11.2 Å². The summed E-state index contributed by atoms with van der Waals surface area (Å²) in [6.45, 7) is 2.20. The fourth-order valence-corrected chi connectivity index (χ4v) is 1.91. The molecule has 1 heterocycles. The van der Waals surface area contributed by atoms with E-state index in [-0.39, 0.29) is 0 Å². The van der Waals surface area contributed by atoms with Crippen LogP contribution in [-0.2, 0) is 19.1 Å². The maximum atomic E-state index is 11.2. The standard InChI is InChI=1S/C13H14O6/c1-12(10(14)15)13(2,11(16)17)19-9(18-12)8-6-4-3-5-7-8/h3-7,9H,1-2H3,(H,14,15)(H,16,17)/p-2/t12-,13-/m1/s1. The molecule has 1 aliphatic rings. The quantitative estimate of drug-likeness (QED) is 0.676. The molecule has 0 unspecified atom stereocenters. The van der Waals surface area contributed by atoms with Crippen LogP contribution >= 0.6 is 0 Å². The molecule has 2 atom stereocenters. The molecular weight excluding hydrogens is 252 g/mol. The number of aliphatic carboxylic acids is 2. The van der Waals surface area contributed by atoms with Gasteiger partial charge in [-0.05, 0) is 13.8 Å². The van der Waals surface area contributed by atoms with Gasteiger partial charge in [-0.3, -0.25) is 0 Å². The lowest BCUT2D eigenvalue weighted by Crippen LogP contribution is -2.65. The molecule has 0 amide bonds. The van der Waals surface area contributed by atoms with Crippen LogP contribution in [0.2, 0.25) is 0 Å². The number of carbonyl (C=O) groups is 2. The molecule has 0 saturated carbocycles. The Kier molecular flexibility index (Phi) is 3.07. The van der Waals surface area contributed by atoms with Gasteiger partial charge in [0.15, 0.2) is 6.29 Å². The lowest BCUT2D eigenvalue weighted by Gasteiger charge is -2.38. The van der Waals surface area contributed by atoms with E-state index in [1.54, 1.807) is 30.3 Å². The van der Waals surface area contributed by atoms with E-state index in [9.17, 15) is 19.8 Å². The van der Waals surface area contributed by atoms with Crippen molar-refractivity contribution in [1.29, 1.82) is 0 Å². The van der Waals surface area contributed by atoms with Crippen LogP contribution in [0, 0.1) is 0 Å². The SMILES string of the molecule is C[C@]1(C(=O)[O-])OC(c2ccccc2)O[C@]1(C)C(=O)[O-]. The first-order valence-electron chi connectivity index (χ1n) is 5.65. The van der Waals surface area contributed by atoms with Crippen molar-refractivity contribution in [2.24, 2.45) is 0 Å². The van der Waals surface area contributed by atoms with Crippen molar-refractivity contribution in [2.75, 3.05) is 0 Å². The molecule has 0 spiro atoms. The van der Waals surface area contributed by atoms with Gasteiger partial charge in [-0.25, -0.2) is 0 Å². The van der Waals surface area contributed by atoms with Crippen molar-refractivity contribution in [3.63, 3.8) is 0 Å². The number of carbonyl (C=O) groups excluding carboxylic acids is 2. The Morgan fingerprint density at radius 3 is 1.79 bits per heavy atom. The summed E-state index contributed by atoms with van der Waals surface area (Å²) in [5.74, 6) is -3.34. The molecule has 0 radical (unpaired) electrons. The number of rotatable bonds is 3. The zero-order valence-corrected chi connectivity index (χ0v) is 10.4. The highest BCUT2D eigenvalue weighted by Crippen LogP contribution is 2.44. The van der Waals surface area contributed by atoms with Gasteiger partial charge in [0.2, 0.25) is 0 Å². The molecule has 19 heavy (non-hydrogen) atoms. The van der Waals surface area contributed by atoms with Crippen molar-refractivity contribution in [2.45, 2.75) is 31.3 Å². The summed E-state index contributed by atoms with van der Waals surface area (Å²) >= 11 is 0. The van der Waals surface area contributed by atoms with Gasteiger partial charge >= 0.3 is 0 Å². The predicted molar refractivity (Wildman–Crippen MR) is 58.2 cm³/mol. The number of carboxylic acids is 2. The third kappa shape index (κ3) is 1.89. The maximum Gasteiger partial charge on any atom is 0.186 e. The van der Waals surface area contributed by atoms with E-state index in [0.717, 1.165) is 13.8 Å². The van der Waals surface area contributed by atoms with Crippen LogP contribution in [0.5, 0.6) is 0 Å². The highest BCUT2D eigenvalue weighted by atomic mass is 16.8. The summed E-state index contributed by atoms with van der Waals surface area (Å²) in [5, 5.41) is 22.4. The van der Waals surface area contributed by atoms with E-state index in [0.29, 0.717) is 5.56 Å². The molecule has 6 nitrogen and oxygen atoms in total. The van der Waals surface area contributed by atoms with Crippen LogP contribution in [-0.4, -0.2) is 23.1 Å². The molecule has 6 heteroatoms. The molecule has 1 aromatic carbocycles. The molecule has 0 bridgehead atoms. The first-order chi connectivity index (χ1) is 8.81. The van der Waals surface area contributed by atoms with Gasteiger partial charge in [0.05, 0.1) is 11.9 Å². The molecule has 2 rings (SSSR count). The van der Waals surface area contributed by atoms with E-state index in [4.69, 9.17) is 9.47 Å². The van der Waals surface area contributed by atoms with Gasteiger partial charge in [-0.1, -0.05) is 30.3 Å². The van der Waals surface area contributed by atoms with Crippen LogP contribution in [0.1, 0.15) is 25.7 Å². The third-order valence-electron chi connectivity index (χ3n) is 3.45. The van der Waals surface area contributed by atoms with Crippen molar-refractivity contribution >= 4 is 11.9 Å². The van der Waals surface area contributed by atoms with Gasteiger partial charge in [0, 0.05) is 5.56 Å². The van der Waals surface area contributed by atoms with Crippen molar-refractivity contribution < 1.29 is 29.3 Å². The van der Waals surface area contributed by atoms with Crippen LogP contribution in [0.15, 0.2) is 30.3 Å². The molecule has 1 fully saturated rings. The lowest BCUT2D eigenvalue weighted by molar-refractivity contribution is -0.343. The van der Waals surface area contributed by atoms with Gasteiger partial charge in [-0.15, -0.1) is 0 Å². The summed E-state index contributed by atoms with van der Waals surface area (Å²) in [6, 6.07) is 8.44. The van der Waals surface area contributed by atoms with Gasteiger partial charge < -0.3 is 29.3 Å². The minimum atomic E-state index is -2.13. The Bertz CT molecular complexity index is 485. The van der Waals surface area contributed by atoms with Crippen molar-refractivity contribution in [1.82, 2.24) is 0 Å². The minimum absolute atomic E-state index is 0.514. The van der Waals surface area contributed by atoms with Gasteiger partial charge in [-0.2, -0.15) is 0 Å². The second kappa shape index (κ2) is 4.32. The molecule has 1 aliphatic heterocycles. The fraction of sp³-hybridized carbons (Fsp3) is 0.385. The highest BCUT2D eigenvalue weighted by molar-refractivity contribution is 5.89. The van der Waals surface area contributed by atoms with E-state index >= 15 is 0 Å². The highest BCUT2D eigenvalue weighted by Gasteiger charge is 2.58. The smallest absolute Gasteiger partial charge is 0.186 e. The second-order valence-electron chi connectivity index (χ2n) is 4.62. The van der Waals surface area contributed by atoms with E-state index in [2.05, 4.69) is 0 Å². The Morgan fingerprint density at radius 2 is 1.42 bits per heavy atom. The summed E-state index contributed by atoms with van der Waals surface area (Å²) in [6.07, 6.45) is -1.10. The fourth-order valence-electron chi connectivity index (χ4n) is 1.91. The second-order valence-corrected chi connectivity index (χ2v) is 4.62. The predicted octanol–water partition coefficient (Wildman–Crippen LogP) is -1.25. The van der Waals surface area contributed by atoms with E-state index < -0.39 is 29.4 Å². The summed E-state index contributed by atoms with van der Waals surface area (Å²) in [5.41, 5.74) is -3.75. The first kappa shape index (κ1) is 13.5. The van der Waals surface area contributed by atoms with Crippen LogP contribution in [0.4, 0.5) is 0 Å². The van der Waals surface area contributed by atoms with Crippen LogP contribution in [0.25, 0.3) is 0 Å². The molecule has 1 saturated heterocycles. The average molecular weight is 264 g/mol. The Hall–Kier alpha value is -1.92. The topological polar surface area (TPSA) is 98.7 Å². The minimum Gasteiger partial charge on any atom is -0.547 e. The van der Waals surface area contributed by atoms with Crippen LogP contribution < -0.4 is 10.2 Å². The molecule has 102 valence electrons. The monoisotopic (exact) mass is 264 g/mol. The number of carboxylic acid groups (broad SMARTS) is 2. The zero-order valence-electron chi connectivity index (χ0n) is 10.4. The summed E-state index contributed by atoms with van der Waals surface area (Å²) in [4.78, 5) is 22.4. The number of ether oxygens (including phenoxy) is 2. The molecule has 0 N–H and O–H groups in total. The molecule has 0 aromatic heterocycles. The molecular formula is C13H12O6-2. The Labute approximate surface area is 109 Å². The Morgan fingerprint density at radius 1 is 1.00 bits per heavy atom. The number of benzene rings is 1. The summed E-state index contributed by atoms with van der Waals surface area (Å²) < 4.78 is 10.5. The normalized spacial score (nSPS) is 31.3. The zero-order chi connectivity index (χ0) is 14.3. The van der Waals surface area contributed by atoms with Crippen LogP contribution in [0.3, 0.4) is 0 Å². The number of hydrogen-bond donors (Lipinski definition) is 0.